The van der Waals surface area contributed by atoms with Crippen LogP contribution in [0.5, 0.6) is 0 Å². The van der Waals surface area contributed by atoms with Crippen molar-refractivity contribution in [1.29, 1.82) is 0 Å². The Morgan fingerprint density at radius 2 is 2.08 bits per heavy atom. The highest BCUT2D eigenvalue weighted by Crippen LogP contribution is 2.36. The fourth-order valence-electron chi connectivity index (χ4n) is 2.92. The number of nitrogens with zero attached hydrogens (tertiary/aromatic N) is 2. The molecule has 1 amide bonds. The number of rotatable bonds is 3. The number of hydrogen-bond acceptors (Lipinski definition) is 3. The van der Waals surface area contributed by atoms with Gasteiger partial charge in [-0.15, -0.1) is 11.8 Å². The summed E-state index contributed by atoms with van der Waals surface area (Å²) >= 11 is 1.69. The maximum atomic E-state index is 13.6. The molecule has 4 rings (SSSR count). The lowest BCUT2D eigenvalue weighted by atomic mass is 10.0. The van der Waals surface area contributed by atoms with Gasteiger partial charge in [0.15, 0.2) is 0 Å². The normalized spacial score (nSPS) is 16.3. The summed E-state index contributed by atoms with van der Waals surface area (Å²) in [5.74, 6) is 0.416. The van der Waals surface area contributed by atoms with Gasteiger partial charge < -0.3 is 5.32 Å². The van der Waals surface area contributed by atoms with Crippen molar-refractivity contribution in [3.8, 4) is 5.69 Å². The van der Waals surface area contributed by atoms with Gasteiger partial charge in [0.25, 0.3) is 5.91 Å². The highest BCUT2D eigenvalue weighted by molar-refractivity contribution is 7.99. The van der Waals surface area contributed by atoms with E-state index in [0.29, 0.717) is 5.56 Å². The van der Waals surface area contributed by atoms with Gasteiger partial charge in [0.2, 0.25) is 0 Å². The number of thioether (sulfide) groups is 1. The van der Waals surface area contributed by atoms with E-state index in [-0.39, 0.29) is 17.8 Å². The predicted molar refractivity (Wildman–Crippen MR) is 95.5 cm³/mol. The van der Waals surface area contributed by atoms with E-state index >= 15 is 0 Å². The Kier molecular flexibility index (Phi) is 4.28. The molecule has 0 saturated carbocycles. The van der Waals surface area contributed by atoms with Gasteiger partial charge in [-0.2, -0.15) is 5.10 Å². The zero-order valence-electron chi connectivity index (χ0n) is 13.4. The van der Waals surface area contributed by atoms with Crippen LogP contribution in [0.1, 0.15) is 28.4 Å². The van der Waals surface area contributed by atoms with Crippen molar-refractivity contribution >= 4 is 17.7 Å². The summed E-state index contributed by atoms with van der Waals surface area (Å²) in [4.78, 5) is 13.6. The molecule has 0 aliphatic carbocycles. The topological polar surface area (TPSA) is 46.9 Å². The molecule has 1 aliphatic heterocycles. The van der Waals surface area contributed by atoms with E-state index < -0.39 is 0 Å². The zero-order valence-corrected chi connectivity index (χ0v) is 14.2. The summed E-state index contributed by atoms with van der Waals surface area (Å²) in [6, 6.07) is 14.2. The molecule has 126 valence electrons. The number of aromatic nitrogens is 2. The first kappa shape index (κ1) is 15.9. The summed E-state index contributed by atoms with van der Waals surface area (Å²) in [6.07, 6.45) is 4.03. The number of nitrogens with one attached hydrogen (secondary N) is 1. The summed E-state index contributed by atoms with van der Waals surface area (Å²) < 4.78 is 15.2. The number of benzene rings is 2. The Bertz CT molecular complexity index is 910. The predicted octanol–water partition coefficient (Wildman–Crippen LogP) is 3.98. The molecule has 0 fully saturated rings. The van der Waals surface area contributed by atoms with Gasteiger partial charge >= 0.3 is 0 Å². The molecular weight excluding hydrogens is 337 g/mol. The maximum Gasteiger partial charge on any atom is 0.254 e. The SMILES string of the molecule is O=C(NC1CCSc2ccc(F)cc21)c1cnn(-c2ccccc2)c1. The Balaban J connectivity index is 1.54. The second-order valence-corrected chi connectivity index (χ2v) is 6.99. The van der Waals surface area contributed by atoms with Crippen LogP contribution in [0.25, 0.3) is 5.69 Å². The van der Waals surface area contributed by atoms with Gasteiger partial charge in [-0.1, -0.05) is 18.2 Å². The third-order valence-electron chi connectivity index (χ3n) is 4.18. The third kappa shape index (κ3) is 3.30. The standard InChI is InChI=1S/C19H16FN3OS/c20-14-6-7-18-16(10-14)17(8-9-25-18)22-19(24)13-11-21-23(12-13)15-4-2-1-3-5-15/h1-7,10-12,17H,8-9H2,(H,22,24). The second kappa shape index (κ2) is 6.72. The van der Waals surface area contributed by atoms with Crippen molar-refractivity contribution in [2.75, 3.05) is 5.75 Å². The van der Waals surface area contributed by atoms with Crippen molar-refractivity contribution in [1.82, 2.24) is 15.1 Å². The number of para-hydroxylation sites is 1. The molecule has 4 nitrogen and oxygen atoms in total. The monoisotopic (exact) mass is 353 g/mol. The molecule has 1 aromatic heterocycles. The second-order valence-electron chi connectivity index (χ2n) is 5.85. The molecule has 0 radical (unpaired) electrons. The third-order valence-corrected chi connectivity index (χ3v) is 5.30. The largest absolute Gasteiger partial charge is 0.345 e. The van der Waals surface area contributed by atoms with Crippen LogP contribution in [0.15, 0.2) is 65.8 Å². The first-order valence-electron chi connectivity index (χ1n) is 8.04. The van der Waals surface area contributed by atoms with Gasteiger partial charge in [0.05, 0.1) is 23.5 Å². The molecular formula is C19H16FN3OS. The van der Waals surface area contributed by atoms with Crippen molar-refractivity contribution in [2.45, 2.75) is 17.4 Å². The fourth-order valence-corrected chi connectivity index (χ4v) is 4.02. The smallest absolute Gasteiger partial charge is 0.254 e. The maximum absolute atomic E-state index is 13.6. The van der Waals surface area contributed by atoms with Crippen molar-refractivity contribution in [3.63, 3.8) is 0 Å². The number of hydrogen-bond donors (Lipinski definition) is 1. The molecule has 2 heterocycles. The van der Waals surface area contributed by atoms with Crippen LogP contribution < -0.4 is 5.32 Å². The average Bonchev–Trinajstić information content (AvgIpc) is 3.13. The number of fused-ring (bicyclic) bond motifs is 1. The van der Waals surface area contributed by atoms with E-state index in [0.717, 1.165) is 28.3 Å². The van der Waals surface area contributed by atoms with E-state index in [1.807, 2.05) is 30.3 Å². The highest BCUT2D eigenvalue weighted by Gasteiger charge is 2.23. The Morgan fingerprint density at radius 1 is 1.24 bits per heavy atom. The van der Waals surface area contributed by atoms with Gasteiger partial charge in [-0.3, -0.25) is 4.79 Å². The minimum absolute atomic E-state index is 0.181. The summed E-state index contributed by atoms with van der Waals surface area (Å²) in [6.45, 7) is 0. The molecule has 1 unspecified atom stereocenters. The van der Waals surface area contributed by atoms with Gasteiger partial charge in [0, 0.05) is 16.8 Å². The van der Waals surface area contributed by atoms with Crippen LogP contribution >= 0.6 is 11.8 Å². The molecule has 2 aromatic carbocycles. The molecule has 1 atom stereocenters. The van der Waals surface area contributed by atoms with Crippen LogP contribution in [0.4, 0.5) is 4.39 Å². The van der Waals surface area contributed by atoms with E-state index in [9.17, 15) is 9.18 Å². The van der Waals surface area contributed by atoms with Crippen molar-refractivity contribution in [2.24, 2.45) is 0 Å². The van der Waals surface area contributed by atoms with Gasteiger partial charge in [-0.25, -0.2) is 9.07 Å². The fraction of sp³-hybridized carbons (Fsp3) is 0.158. The molecule has 1 N–H and O–H groups in total. The van der Waals surface area contributed by atoms with E-state index in [2.05, 4.69) is 10.4 Å². The van der Waals surface area contributed by atoms with Gasteiger partial charge in [0.1, 0.15) is 5.82 Å². The van der Waals surface area contributed by atoms with Crippen LogP contribution in [-0.2, 0) is 0 Å². The number of amides is 1. The Hall–Kier alpha value is -2.60. The lowest BCUT2D eigenvalue weighted by molar-refractivity contribution is 0.0935. The lowest BCUT2D eigenvalue weighted by Crippen LogP contribution is -2.30. The minimum atomic E-state index is -0.280. The lowest BCUT2D eigenvalue weighted by Gasteiger charge is -2.25. The van der Waals surface area contributed by atoms with Crippen LogP contribution in [0, 0.1) is 5.82 Å². The van der Waals surface area contributed by atoms with Crippen molar-refractivity contribution < 1.29 is 9.18 Å². The average molecular weight is 353 g/mol. The summed E-state index contributed by atoms with van der Waals surface area (Å²) in [7, 11) is 0. The molecule has 6 heteroatoms. The number of halogens is 1. The molecule has 3 aromatic rings. The van der Waals surface area contributed by atoms with Crippen LogP contribution in [-0.4, -0.2) is 21.4 Å². The van der Waals surface area contributed by atoms with Crippen molar-refractivity contribution in [3.05, 3.63) is 77.9 Å². The number of carbonyl (C=O) groups excluding carboxylic acids is 1. The highest BCUT2D eigenvalue weighted by atomic mass is 32.2. The van der Waals surface area contributed by atoms with E-state index in [1.165, 1.54) is 12.1 Å². The molecule has 25 heavy (non-hydrogen) atoms. The minimum Gasteiger partial charge on any atom is -0.345 e. The molecule has 1 aliphatic rings. The zero-order chi connectivity index (χ0) is 17.2. The number of carbonyl (C=O) groups is 1. The molecule has 0 bridgehead atoms. The first-order chi connectivity index (χ1) is 12.2. The van der Waals surface area contributed by atoms with Gasteiger partial charge in [-0.05, 0) is 42.3 Å². The van der Waals surface area contributed by atoms with Crippen LogP contribution in [0.2, 0.25) is 0 Å². The van der Waals surface area contributed by atoms with E-state index in [4.69, 9.17) is 0 Å². The summed E-state index contributed by atoms with van der Waals surface area (Å²) in [5, 5.41) is 7.26. The quantitative estimate of drug-likeness (QED) is 0.775. The Morgan fingerprint density at radius 3 is 2.92 bits per heavy atom. The molecule has 0 spiro atoms. The first-order valence-corrected chi connectivity index (χ1v) is 9.02. The van der Waals surface area contributed by atoms with E-state index in [1.54, 1.807) is 34.9 Å². The van der Waals surface area contributed by atoms with Crippen LogP contribution in [0.3, 0.4) is 0 Å². The summed E-state index contributed by atoms with van der Waals surface area (Å²) in [5.41, 5.74) is 2.23. The Labute approximate surface area is 149 Å². The molecule has 0 saturated heterocycles.